The van der Waals surface area contributed by atoms with Crippen LogP contribution in [-0.4, -0.2) is 17.5 Å². The van der Waals surface area contributed by atoms with Crippen molar-refractivity contribution in [3.63, 3.8) is 0 Å². The van der Waals surface area contributed by atoms with E-state index in [1.54, 1.807) is 11.3 Å². The second-order valence-electron chi connectivity index (χ2n) is 3.61. The van der Waals surface area contributed by atoms with Gasteiger partial charge in [0.15, 0.2) is 5.17 Å². The highest BCUT2D eigenvalue weighted by molar-refractivity contribution is 9.10. The van der Waals surface area contributed by atoms with E-state index < -0.39 is 0 Å². The van der Waals surface area contributed by atoms with Gasteiger partial charge in [-0.05, 0) is 33.3 Å². The van der Waals surface area contributed by atoms with Crippen LogP contribution in [0.2, 0.25) is 0 Å². The van der Waals surface area contributed by atoms with Crippen LogP contribution in [0.15, 0.2) is 20.9 Å². The van der Waals surface area contributed by atoms with Crippen LogP contribution >= 0.6 is 39.0 Å². The van der Waals surface area contributed by atoms with Crippen molar-refractivity contribution in [2.45, 2.75) is 13.5 Å². The maximum absolute atomic E-state index is 4.50. The Labute approximate surface area is 107 Å². The van der Waals surface area contributed by atoms with Crippen LogP contribution < -0.4 is 5.32 Å². The Bertz CT molecular complexity index is 362. The number of hydrogen-bond acceptors (Lipinski definition) is 4. The maximum Gasteiger partial charge on any atom is 0.156 e. The van der Waals surface area contributed by atoms with E-state index in [1.807, 2.05) is 11.8 Å². The van der Waals surface area contributed by atoms with E-state index in [9.17, 15) is 0 Å². The van der Waals surface area contributed by atoms with E-state index in [0.717, 1.165) is 18.3 Å². The summed E-state index contributed by atoms with van der Waals surface area (Å²) in [6.45, 7) is 4.07. The molecule has 1 aliphatic rings. The SMILES string of the molecule is CC1CN=C(NCc2sccc2Br)SC1. The highest BCUT2D eigenvalue weighted by Gasteiger charge is 2.12. The molecule has 15 heavy (non-hydrogen) atoms. The molecule has 0 saturated carbocycles. The fourth-order valence-corrected chi connectivity index (χ4v) is 3.59. The van der Waals surface area contributed by atoms with Crippen LogP contribution in [0.3, 0.4) is 0 Å². The molecule has 0 saturated heterocycles. The van der Waals surface area contributed by atoms with Crippen molar-refractivity contribution in [3.8, 4) is 0 Å². The number of aliphatic imine (C=N–C) groups is 1. The maximum atomic E-state index is 4.50. The summed E-state index contributed by atoms with van der Waals surface area (Å²) >= 11 is 7.12. The molecular formula is C10H13BrN2S2. The summed E-state index contributed by atoms with van der Waals surface area (Å²) in [4.78, 5) is 5.83. The first-order chi connectivity index (χ1) is 7.25. The van der Waals surface area contributed by atoms with Crippen LogP contribution in [0, 0.1) is 5.92 Å². The van der Waals surface area contributed by atoms with Crippen molar-refractivity contribution in [2.24, 2.45) is 10.9 Å². The van der Waals surface area contributed by atoms with E-state index in [0.29, 0.717) is 5.92 Å². The summed E-state index contributed by atoms with van der Waals surface area (Å²) in [5.41, 5.74) is 0. The van der Waals surface area contributed by atoms with Gasteiger partial charge in [0, 0.05) is 21.6 Å². The molecule has 1 aromatic rings. The van der Waals surface area contributed by atoms with Crippen LogP contribution in [-0.2, 0) is 6.54 Å². The molecule has 2 heterocycles. The predicted molar refractivity (Wildman–Crippen MR) is 72.8 cm³/mol. The largest absolute Gasteiger partial charge is 0.360 e. The molecule has 1 atom stereocenters. The Balaban J connectivity index is 1.86. The number of amidine groups is 1. The molecule has 1 aliphatic heterocycles. The van der Waals surface area contributed by atoms with Crippen LogP contribution in [0.1, 0.15) is 11.8 Å². The van der Waals surface area contributed by atoms with Gasteiger partial charge in [-0.15, -0.1) is 11.3 Å². The highest BCUT2D eigenvalue weighted by atomic mass is 79.9. The lowest BCUT2D eigenvalue weighted by atomic mass is 10.2. The molecule has 0 aliphatic carbocycles. The third-order valence-corrected chi connectivity index (χ3v) is 5.35. The summed E-state index contributed by atoms with van der Waals surface area (Å²) < 4.78 is 1.19. The molecule has 2 nitrogen and oxygen atoms in total. The molecule has 5 heteroatoms. The molecule has 0 fully saturated rings. The first-order valence-corrected chi connectivity index (χ1v) is 7.54. The number of halogens is 1. The van der Waals surface area contributed by atoms with Gasteiger partial charge in [-0.3, -0.25) is 4.99 Å². The lowest BCUT2D eigenvalue weighted by Crippen LogP contribution is -2.25. The van der Waals surface area contributed by atoms with Gasteiger partial charge in [0.05, 0.1) is 6.54 Å². The Morgan fingerprint density at radius 2 is 2.53 bits per heavy atom. The van der Waals surface area contributed by atoms with E-state index in [4.69, 9.17) is 0 Å². The summed E-state index contributed by atoms with van der Waals surface area (Å²) in [5, 5.41) is 6.57. The van der Waals surface area contributed by atoms with Gasteiger partial charge in [0.25, 0.3) is 0 Å². The first-order valence-electron chi connectivity index (χ1n) is 4.88. The average molecular weight is 305 g/mol. The molecule has 0 amide bonds. The normalized spacial score (nSPS) is 21.2. The van der Waals surface area contributed by atoms with Gasteiger partial charge in [-0.1, -0.05) is 18.7 Å². The summed E-state index contributed by atoms with van der Waals surface area (Å²) in [5.74, 6) is 1.89. The van der Waals surface area contributed by atoms with Crippen molar-refractivity contribution in [1.82, 2.24) is 5.32 Å². The summed E-state index contributed by atoms with van der Waals surface area (Å²) in [6.07, 6.45) is 0. The molecule has 0 radical (unpaired) electrons. The predicted octanol–water partition coefficient (Wildman–Crippen LogP) is 3.34. The molecule has 1 aromatic heterocycles. The smallest absolute Gasteiger partial charge is 0.156 e. The second kappa shape index (κ2) is 5.37. The van der Waals surface area contributed by atoms with E-state index in [-0.39, 0.29) is 0 Å². The van der Waals surface area contributed by atoms with Crippen LogP contribution in [0.5, 0.6) is 0 Å². The van der Waals surface area contributed by atoms with Gasteiger partial charge < -0.3 is 5.32 Å². The van der Waals surface area contributed by atoms with Gasteiger partial charge in [-0.2, -0.15) is 0 Å². The Morgan fingerprint density at radius 1 is 1.67 bits per heavy atom. The molecule has 1 unspecified atom stereocenters. The van der Waals surface area contributed by atoms with Gasteiger partial charge >= 0.3 is 0 Å². The van der Waals surface area contributed by atoms with Crippen molar-refractivity contribution in [3.05, 3.63) is 20.8 Å². The monoisotopic (exact) mass is 304 g/mol. The average Bonchev–Trinajstić information content (AvgIpc) is 2.63. The Kier molecular flexibility index (Phi) is 4.11. The first kappa shape index (κ1) is 11.5. The third kappa shape index (κ3) is 3.23. The van der Waals surface area contributed by atoms with E-state index in [1.165, 1.54) is 15.1 Å². The van der Waals surface area contributed by atoms with Crippen LogP contribution in [0.4, 0.5) is 0 Å². The van der Waals surface area contributed by atoms with E-state index in [2.05, 4.69) is 44.6 Å². The Hall–Kier alpha value is -0.000000000000000111. The fraction of sp³-hybridized carbons (Fsp3) is 0.500. The minimum absolute atomic E-state index is 0.717. The third-order valence-electron chi connectivity index (χ3n) is 2.14. The zero-order valence-electron chi connectivity index (χ0n) is 8.50. The highest BCUT2D eigenvalue weighted by Crippen LogP contribution is 2.23. The topological polar surface area (TPSA) is 24.4 Å². The number of thiophene rings is 1. The van der Waals surface area contributed by atoms with Crippen molar-refractivity contribution < 1.29 is 0 Å². The number of nitrogens with one attached hydrogen (secondary N) is 1. The summed E-state index contributed by atoms with van der Waals surface area (Å²) in [6, 6.07) is 2.08. The quantitative estimate of drug-likeness (QED) is 0.906. The second-order valence-corrected chi connectivity index (χ2v) is 6.47. The van der Waals surface area contributed by atoms with Crippen LogP contribution in [0.25, 0.3) is 0 Å². The summed E-state index contributed by atoms with van der Waals surface area (Å²) in [7, 11) is 0. The molecule has 0 aromatic carbocycles. The minimum Gasteiger partial charge on any atom is -0.360 e. The van der Waals surface area contributed by atoms with E-state index >= 15 is 0 Å². The molecule has 1 N–H and O–H groups in total. The molecule has 0 spiro atoms. The van der Waals surface area contributed by atoms with Gasteiger partial charge in [0.1, 0.15) is 0 Å². The zero-order chi connectivity index (χ0) is 10.7. The lowest BCUT2D eigenvalue weighted by Gasteiger charge is -2.17. The molecule has 2 rings (SSSR count). The fourth-order valence-electron chi connectivity index (χ4n) is 1.27. The Morgan fingerprint density at radius 3 is 3.13 bits per heavy atom. The number of rotatable bonds is 2. The standard InChI is InChI=1S/C10H13BrN2S2/c1-7-4-12-10(15-6-7)13-5-9-8(11)2-3-14-9/h2-3,7H,4-6H2,1H3,(H,12,13). The van der Waals surface area contributed by atoms with Crippen molar-refractivity contribution in [2.75, 3.05) is 12.3 Å². The number of nitrogens with zero attached hydrogens (tertiary/aromatic N) is 1. The minimum atomic E-state index is 0.717. The number of thioether (sulfide) groups is 1. The number of hydrogen-bond donors (Lipinski definition) is 1. The molecule has 0 bridgehead atoms. The molecular weight excluding hydrogens is 292 g/mol. The van der Waals surface area contributed by atoms with Gasteiger partial charge in [-0.25, -0.2) is 0 Å². The van der Waals surface area contributed by atoms with Gasteiger partial charge in [0.2, 0.25) is 0 Å². The molecule has 82 valence electrons. The lowest BCUT2D eigenvalue weighted by molar-refractivity contribution is 0.669. The zero-order valence-corrected chi connectivity index (χ0v) is 11.7. The van der Waals surface area contributed by atoms with Crippen molar-refractivity contribution in [1.29, 1.82) is 0 Å². The van der Waals surface area contributed by atoms with Crippen molar-refractivity contribution >= 4 is 44.2 Å².